The molecule has 3 atom stereocenters. The highest BCUT2D eigenvalue weighted by Gasteiger charge is 2.23. The van der Waals surface area contributed by atoms with Gasteiger partial charge >= 0.3 is 0 Å². The molecule has 1 aliphatic rings. The Hall–Kier alpha value is -1.55. The van der Waals surface area contributed by atoms with Crippen molar-refractivity contribution in [3.63, 3.8) is 0 Å². The fourth-order valence-corrected chi connectivity index (χ4v) is 3.22. The summed E-state index contributed by atoms with van der Waals surface area (Å²) in [7, 11) is 1.61. The number of anilines is 1. The Labute approximate surface area is 133 Å². The van der Waals surface area contributed by atoms with Gasteiger partial charge in [-0.05, 0) is 37.8 Å². The molecule has 22 heavy (non-hydrogen) atoms. The lowest BCUT2D eigenvalue weighted by Gasteiger charge is -2.32. The molecular weight excluding hydrogens is 276 g/mol. The van der Waals surface area contributed by atoms with E-state index >= 15 is 0 Å². The Morgan fingerprint density at radius 1 is 1.32 bits per heavy atom. The van der Waals surface area contributed by atoms with Gasteiger partial charge in [0.1, 0.15) is 5.75 Å². The Bertz CT molecular complexity index is 490. The van der Waals surface area contributed by atoms with Crippen molar-refractivity contribution in [3.8, 4) is 5.75 Å². The first-order chi connectivity index (χ1) is 10.6. The van der Waals surface area contributed by atoms with Crippen molar-refractivity contribution in [2.24, 2.45) is 5.92 Å². The van der Waals surface area contributed by atoms with Gasteiger partial charge in [-0.25, -0.2) is 0 Å². The van der Waals surface area contributed by atoms with Crippen molar-refractivity contribution in [2.45, 2.75) is 58.0 Å². The zero-order chi connectivity index (χ0) is 15.9. The second kappa shape index (κ2) is 8.18. The van der Waals surface area contributed by atoms with E-state index in [4.69, 9.17) is 4.74 Å². The first-order valence-corrected chi connectivity index (χ1v) is 8.29. The molecule has 0 radical (unpaired) electrons. The molecule has 1 aromatic carbocycles. The second-order valence-corrected chi connectivity index (χ2v) is 6.39. The van der Waals surface area contributed by atoms with Crippen molar-refractivity contribution in [1.29, 1.82) is 0 Å². The highest BCUT2D eigenvalue weighted by atomic mass is 16.5. The molecule has 4 nitrogen and oxygen atoms in total. The van der Waals surface area contributed by atoms with Crippen LogP contribution >= 0.6 is 0 Å². The number of nitrogens with one attached hydrogen (secondary N) is 2. The number of rotatable bonds is 6. The molecule has 0 bridgehead atoms. The number of carbonyl (C=O) groups excluding carboxylic acids is 1. The summed E-state index contributed by atoms with van der Waals surface area (Å²) >= 11 is 0. The van der Waals surface area contributed by atoms with E-state index in [1.54, 1.807) is 7.11 Å². The van der Waals surface area contributed by atoms with E-state index in [2.05, 4.69) is 24.5 Å². The molecule has 1 fully saturated rings. The number of hydrogen-bond acceptors (Lipinski definition) is 3. The van der Waals surface area contributed by atoms with Crippen LogP contribution in [0.5, 0.6) is 5.75 Å². The van der Waals surface area contributed by atoms with Gasteiger partial charge in [0.15, 0.2) is 0 Å². The van der Waals surface area contributed by atoms with E-state index in [9.17, 15) is 4.79 Å². The minimum atomic E-state index is 0.0213. The van der Waals surface area contributed by atoms with E-state index in [1.807, 2.05) is 24.3 Å². The van der Waals surface area contributed by atoms with E-state index in [-0.39, 0.29) is 11.9 Å². The van der Waals surface area contributed by atoms with Crippen LogP contribution in [0.1, 0.15) is 46.0 Å². The van der Waals surface area contributed by atoms with Crippen LogP contribution in [0.2, 0.25) is 0 Å². The number of amides is 1. The topological polar surface area (TPSA) is 50.4 Å². The highest BCUT2D eigenvalue weighted by molar-refractivity contribution is 5.92. The maximum absolute atomic E-state index is 12.2. The molecule has 2 rings (SSSR count). The third-order valence-electron chi connectivity index (χ3n) is 4.48. The first kappa shape index (κ1) is 16.8. The summed E-state index contributed by atoms with van der Waals surface area (Å²) in [6.07, 6.45) is 5.61. The lowest BCUT2D eigenvalue weighted by Crippen LogP contribution is -2.43. The minimum Gasteiger partial charge on any atom is -0.495 e. The molecule has 4 heteroatoms. The van der Waals surface area contributed by atoms with Gasteiger partial charge in [0.05, 0.1) is 12.8 Å². The predicted molar refractivity (Wildman–Crippen MR) is 90.3 cm³/mol. The fourth-order valence-electron chi connectivity index (χ4n) is 3.22. The molecule has 122 valence electrons. The Balaban J connectivity index is 1.83. The van der Waals surface area contributed by atoms with Gasteiger partial charge in [-0.3, -0.25) is 4.79 Å². The number of benzene rings is 1. The van der Waals surface area contributed by atoms with Gasteiger partial charge in [-0.15, -0.1) is 0 Å². The van der Waals surface area contributed by atoms with Gasteiger partial charge in [-0.2, -0.15) is 0 Å². The van der Waals surface area contributed by atoms with Crippen LogP contribution < -0.4 is 15.4 Å². The van der Waals surface area contributed by atoms with Crippen LogP contribution in [0.25, 0.3) is 0 Å². The molecule has 1 amide bonds. The summed E-state index contributed by atoms with van der Waals surface area (Å²) in [6, 6.07) is 8.22. The quantitative estimate of drug-likeness (QED) is 0.844. The maximum Gasteiger partial charge on any atom is 0.226 e. The molecule has 0 heterocycles. The van der Waals surface area contributed by atoms with E-state index in [0.717, 1.165) is 5.69 Å². The third-order valence-corrected chi connectivity index (χ3v) is 4.48. The number of carbonyl (C=O) groups is 1. The monoisotopic (exact) mass is 304 g/mol. The molecule has 1 aliphatic carbocycles. The molecule has 0 aromatic heterocycles. The van der Waals surface area contributed by atoms with Gasteiger partial charge in [0, 0.05) is 18.5 Å². The van der Waals surface area contributed by atoms with Crippen LogP contribution in [0.4, 0.5) is 5.69 Å². The SMILES string of the molecule is COc1ccccc1NC(=O)C[C@H](C)N[C@H]1CCCC[C@@H]1C. The van der Waals surface area contributed by atoms with E-state index in [0.29, 0.717) is 24.1 Å². The molecule has 2 N–H and O–H groups in total. The van der Waals surface area contributed by atoms with E-state index in [1.165, 1.54) is 25.7 Å². The number of methoxy groups -OCH3 is 1. The van der Waals surface area contributed by atoms with Crippen molar-refractivity contribution in [1.82, 2.24) is 5.32 Å². The van der Waals surface area contributed by atoms with Crippen LogP contribution in [-0.4, -0.2) is 25.1 Å². The summed E-state index contributed by atoms with van der Waals surface area (Å²) in [4.78, 5) is 12.2. The molecule has 0 unspecified atom stereocenters. The smallest absolute Gasteiger partial charge is 0.226 e. The van der Waals surface area contributed by atoms with Crippen molar-refractivity contribution < 1.29 is 9.53 Å². The Morgan fingerprint density at radius 2 is 2.05 bits per heavy atom. The average Bonchev–Trinajstić information content (AvgIpc) is 2.50. The molecule has 0 spiro atoms. The van der Waals surface area contributed by atoms with Gasteiger partial charge in [-0.1, -0.05) is 31.9 Å². The number of para-hydroxylation sites is 2. The van der Waals surface area contributed by atoms with Gasteiger partial charge in [0.2, 0.25) is 5.91 Å². The Kier molecular flexibility index (Phi) is 6.25. The normalized spacial score (nSPS) is 22.9. The second-order valence-electron chi connectivity index (χ2n) is 6.39. The summed E-state index contributed by atoms with van der Waals surface area (Å²) < 4.78 is 5.26. The first-order valence-electron chi connectivity index (χ1n) is 8.29. The van der Waals surface area contributed by atoms with Crippen LogP contribution in [0, 0.1) is 5.92 Å². The summed E-state index contributed by atoms with van der Waals surface area (Å²) in [5, 5.41) is 6.56. The Morgan fingerprint density at radius 3 is 2.77 bits per heavy atom. The average molecular weight is 304 g/mol. The van der Waals surface area contributed by atoms with Crippen LogP contribution in [0.3, 0.4) is 0 Å². The zero-order valence-electron chi connectivity index (χ0n) is 13.9. The molecule has 0 saturated heterocycles. The van der Waals surface area contributed by atoms with Crippen molar-refractivity contribution in [2.75, 3.05) is 12.4 Å². The largest absolute Gasteiger partial charge is 0.495 e. The number of ether oxygens (including phenoxy) is 1. The lowest BCUT2D eigenvalue weighted by molar-refractivity contribution is -0.116. The van der Waals surface area contributed by atoms with Crippen molar-refractivity contribution in [3.05, 3.63) is 24.3 Å². The van der Waals surface area contributed by atoms with E-state index < -0.39 is 0 Å². The summed E-state index contributed by atoms with van der Waals surface area (Å²) in [5.41, 5.74) is 0.730. The van der Waals surface area contributed by atoms with Gasteiger partial charge in [0.25, 0.3) is 0 Å². The van der Waals surface area contributed by atoms with Gasteiger partial charge < -0.3 is 15.4 Å². The fraction of sp³-hybridized carbons (Fsp3) is 0.611. The zero-order valence-corrected chi connectivity index (χ0v) is 13.9. The number of hydrogen-bond donors (Lipinski definition) is 2. The maximum atomic E-state index is 12.2. The van der Waals surface area contributed by atoms with Crippen LogP contribution in [-0.2, 0) is 4.79 Å². The molecule has 0 aliphatic heterocycles. The molecular formula is C18H28N2O2. The third kappa shape index (κ3) is 4.73. The lowest BCUT2D eigenvalue weighted by atomic mass is 9.85. The molecule has 1 aromatic rings. The summed E-state index contributed by atoms with van der Waals surface area (Å²) in [6.45, 7) is 4.39. The van der Waals surface area contributed by atoms with Crippen LogP contribution in [0.15, 0.2) is 24.3 Å². The van der Waals surface area contributed by atoms with Crippen molar-refractivity contribution >= 4 is 11.6 Å². The standard InChI is InChI=1S/C18H28N2O2/c1-13-8-4-5-9-15(13)19-14(2)12-18(21)20-16-10-6-7-11-17(16)22-3/h6-7,10-11,13-15,19H,4-5,8-9,12H2,1-3H3,(H,20,21)/t13-,14-,15-/m0/s1. The predicted octanol–water partition coefficient (Wildman–Crippen LogP) is 3.58. The highest BCUT2D eigenvalue weighted by Crippen LogP contribution is 2.25. The minimum absolute atomic E-state index is 0.0213. The summed E-state index contributed by atoms with van der Waals surface area (Å²) in [5.74, 6) is 1.42. The molecule has 1 saturated carbocycles.